The molecule has 6 nitrogen and oxygen atoms in total. The minimum atomic E-state index is -0.274. The highest BCUT2D eigenvalue weighted by Crippen LogP contribution is 2.11. The van der Waals surface area contributed by atoms with Crippen LogP contribution in [0.4, 0.5) is 5.69 Å². The first-order valence-electron chi connectivity index (χ1n) is 8.11. The zero-order valence-electron chi connectivity index (χ0n) is 14.3. The molecule has 0 spiro atoms. The van der Waals surface area contributed by atoms with Crippen LogP contribution in [-0.4, -0.2) is 30.8 Å². The molecular formula is C19H20ClN3O3. The molecule has 2 aromatic carbocycles. The Kier molecular flexibility index (Phi) is 7.17. The van der Waals surface area contributed by atoms with Crippen molar-refractivity contribution in [2.75, 3.05) is 18.4 Å². The molecule has 0 saturated heterocycles. The fraction of sp³-hybridized carbons (Fsp3) is 0.211. The Morgan fingerprint density at radius 2 is 1.65 bits per heavy atom. The maximum Gasteiger partial charge on any atom is 0.251 e. The Balaban J connectivity index is 1.73. The minimum absolute atomic E-state index is 0.130. The average Bonchev–Trinajstić information content (AvgIpc) is 2.60. The third kappa shape index (κ3) is 6.57. The minimum Gasteiger partial charge on any atom is -0.354 e. The van der Waals surface area contributed by atoms with E-state index in [0.717, 1.165) is 5.56 Å². The summed E-state index contributed by atoms with van der Waals surface area (Å²) in [7, 11) is 0. The molecule has 2 rings (SSSR count). The van der Waals surface area contributed by atoms with E-state index in [2.05, 4.69) is 16.0 Å². The quantitative estimate of drug-likeness (QED) is 0.651. The topological polar surface area (TPSA) is 87.3 Å². The standard InChI is InChI=1S/C19H20ClN3O3/c1-13(24)23-17-4-2-3-15(12-17)19(26)22-10-9-21-18(25)11-14-5-7-16(20)8-6-14/h2-8,12H,9-11H2,1H3,(H,21,25)(H,22,26)(H,23,24). The maximum atomic E-state index is 12.1. The monoisotopic (exact) mass is 373 g/mol. The molecule has 26 heavy (non-hydrogen) atoms. The number of rotatable bonds is 7. The van der Waals surface area contributed by atoms with Crippen molar-refractivity contribution in [1.82, 2.24) is 10.6 Å². The van der Waals surface area contributed by atoms with E-state index in [9.17, 15) is 14.4 Å². The van der Waals surface area contributed by atoms with E-state index in [1.807, 2.05) is 0 Å². The van der Waals surface area contributed by atoms with Gasteiger partial charge in [-0.25, -0.2) is 0 Å². The summed E-state index contributed by atoms with van der Waals surface area (Å²) in [6, 6.07) is 13.7. The van der Waals surface area contributed by atoms with Crippen LogP contribution < -0.4 is 16.0 Å². The van der Waals surface area contributed by atoms with Gasteiger partial charge in [0.15, 0.2) is 0 Å². The number of amides is 3. The average molecular weight is 374 g/mol. The molecule has 0 aliphatic heterocycles. The van der Waals surface area contributed by atoms with Gasteiger partial charge in [-0.15, -0.1) is 0 Å². The number of carbonyl (C=O) groups is 3. The highest BCUT2D eigenvalue weighted by atomic mass is 35.5. The van der Waals surface area contributed by atoms with Crippen LogP contribution in [0.25, 0.3) is 0 Å². The van der Waals surface area contributed by atoms with Gasteiger partial charge in [0.25, 0.3) is 5.91 Å². The van der Waals surface area contributed by atoms with Crippen molar-refractivity contribution in [2.45, 2.75) is 13.3 Å². The summed E-state index contributed by atoms with van der Waals surface area (Å²) in [5, 5.41) is 8.72. The number of hydrogen-bond acceptors (Lipinski definition) is 3. The Morgan fingerprint density at radius 1 is 0.962 bits per heavy atom. The summed E-state index contributed by atoms with van der Waals surface area (Å²) < 4.78 is 0. The molecule has 0 saturated carbocycles. The van der Waals surface area contributed by atoms with Crippen molar-refractivity contribution in [3.05, 3.63) is 64.7 Å². The van der Waals surface area contributed by atoms with Crippen LogP contribution in [0.15, 0.2) is 48.5 Å². The second-order valence-electron chi connectivity index (χ2n) is 5.67. The molecule has 0 unspecified atom stereocenters. The van der Waals surface area contributed by atoms with Gasteiger partial charge in [-0.1, -0.05) is 29.8 Å². The van der Waals surface area contributed by atoms with E-state index < -0.39 is 0 Å². The number of halogens is 1. The molecule has 0 heterocycles. The summed E-state index contributed by atoms with van der Waals surface area (Å²) in [5.74, 6) is -0.607. The van der Waals surface area contributed by atoms with E-state index in [-0.39, 0.29) is 24.1 Å². The summed E-state index contributed by atoms with van der Waals surface area (Å²) >= 11 is 5.80. The first kappa shape index (κ1) is 19.5. The maximum absolute atomic E-state index is 12.1. The van der Waals surface area contributed by atoms with Gasteiger partial charge in [0.1, 0.15) is 0 Å². The Bertz CT molecular complexity index is 791. The van der Waals surface area contributed by atoms with Crippen molar-refractivity contribution in [2.24, 2.45) is 0 Å². The van der Waals surface area contributed by atoms with E-state index in [1.165, 1.54) is 6.92 Å². The van der Waals surface area contributed by atoms with Gasteiger partial charge in [0.05, 0.1) is 6.42 Å². The summed E-state index contributed by atoms with van der Waals surface area (Å²) in [5.41, 5.74) is 1.86. The van der Waals surface area contributed by atoms with Gasteiger partial charge in [0, 0.05) is 36.3 Å². The van der Waals surface area contributed by atoms with Crippen LogP contribution in [0.3, 0.4) is 0 Å². The molecule has 3 N–H and O–H groups in total. The number of carbonyl (C=O) groups excluding carboxylic acids is 3. The number of anilines is 1. The van der Waals surface area contributed by atoms with Crippen LogP contribution in [0.2, 0.25) is 5.02 Å². The molecule has 0 aliphatic rings. The van der Waals surface area contributed by atoms with Crippen molar-refractivity contribution in [3.63, 3.8) is 0 Å². The molecule has 0 aliphatic carbocycles. The van der Waals surface area contributed by atoms with Crippen molar-refractivity contribution in [1.29, 1.82) is 0 Å². The fourth-order valence-electron chi connectivity index (χ4n) is 2.27. The van der Waals surface area contributed by atoms with Crippen molar-refractivity contribution >= 4 is 35.0 Å². The lowest BCUT2D eigenvalue weighted by atomic mass is 10.1. The van der Waals surface area contributed by atoms with Crippen LogP contribution >= 0.6 is 11.6 Å². The largest absolute Gasteiger partial charge is 0.354 e. The zero-order chi connectivity index (χ0) is 18.9. The molecule has 136 valence electrons. The first-order chi connectivity index (χ1) is 12.4. The SMILES string of the molecule is CC(=O)Nc1cccc(C(=O)NCCNC(=O)Cc2ccc(Cl)cc2)c1. The highest BCUT2D eigenvalue weighted by Gasteiger charge is 2.07. The lowest BCUT2D eigenvalue weighted by molar-refractivity contribution is -0.120. The molecule has 0 aromatic heterocycles. The third-order valence-electron chi connectivity index (χ3n) is 3.46. The van der Waals surface area contributed by atoms with Crippen molar-refractivity contribution in [3.8, 4) is 0 Å². The molecule has 0 bridgehead atoms. The van der Waals surface area contributed by atoms with E-state index in [4.69, 9.17) is 11.6 Å². The third-order valence-corrected chi connectivity index (χ3v) is 3.71. The van der Waals surface area contributed by atoms with Gasteiger partial charge in [-0.05, 0) is 35.9 Å². The van der Waals surface area contributed by atoms with Gasteiger partial charge in [-0.2, -0.15) is 0 Å². The molecule has 0 fully saturated rings. The molecule has 7 heteroatoms. The van der Waals surface area contributed by atoms with Gasteiger partial charge in [0.2, 0.25) is 11.8 Å². The number of hydrogen-bond donors (Lipinski definition) is 3. The predicted molar refractivity (Wildman–Crippen MR) is 101 cm³/mol. The summed E-state index contributed by atoms with van der Waals surface area (Å²) in [6.45, 7) is 2.03. The van der Waals surface area contributed by atoms with Gasteiger partial charge < -0.3 is 16.0 Å². The van der Waals surface area contributed by atoms with Crippen LogP contribution in [0, 0.1) is 0 Å². The molecule has 3 amide bonds. The van der Waals surface area contributed by atoms with E-state index >= 15 is 0 Å². The van der Waals surface area contributed by atoms with Crippen LogP contribution in [0.1, 0.15) is 22.8 Å². The van der Waals surface area contributed by atoms with Crippen molar-refractivity contribution < 1.29 is 14.4 Å². The van der Waals surface area contributed by atoms with Gasteiger partial charge >= 0.3 is 0 Å². The second kappa shape index (κ2) is 9.58. The Labute approximate surface area is 156 Å². The Hall–Kier alpha value is -2.86. The fourth-order valence-corrected chi connectivity index (χ4v) is 2.40. The first-order valence-corrected chi connectivity index (χ1v) is 8.49. The van der Waals surface area contributed by atoms with E-state index in [0.29, 0.717) is 29.4 Å². The smallest absolute Gasteiger partial charge is 0.251 e. The second-order valence-corrected chi connectivity index (χ2v) is 6.11. The van der Waals surface area contributed by atoms with E-state index in [1.54, 1.807) is 48.5 Å². The predicted octanol–water partition coefficient (Wildman–Crippen LogP) is 2.39. The Morgan fingerprint density at radius 3 is 2.35 bits per heavy atom. The lowest BCUT2D eigenvalue weighted by Crippen LogP contribution is -2.35. The molecular weight excluding hydrogens is 354 g/mol. The highest BCUT2D eigenvalue weighted by molar-refractivity contribution is 6.30. The summed E-state index contributed by atoms with van der Waals surface area (Å²) in [4.78, 5) is 35.0. The van der Waals surface area contributed by atoms with Gasteiger partial charge in [-0.3, -0.25) is 14.4 Å². The van der Waals surface area contributed by atoms with Crippen LogP contribution in [-0.2, 0) is 16.0 Å². The molecule has 0 radical (unpaired) electrons. The zero-order valence-corrected chi connectivity index (χ0v) is 15.1. The number of benzene rings is 2. The molecule has 0 atom stereocenters. The molecule has 2 aromatic rings. The number of nitrogens with one attached hydrogen (secondary N) is 3. The normalized spacial score (nSPS) is 10.1. The summed E-state index contributed by atoms with van der Waals surface area (Å²) in [6.07, 6.45) is 0.254. The van der Waals surface area contributed by atoms with Crippen LogP contribution in [0.5, 0.6) is 0 Å². The lowest BCUT2D eigenvalue weighted by Gasteiger charge is -2.09.